The van der Waals surface area contributed by atoms with Crippen molar-refractivity contribution >= 4 is 10.9 Å². The summed E-state index contributed by atoms with van der Waals surface area (Å²) < 4.78 is 19.1. The average Bonchev–Trinajstić information content (AvgIpc) is 3.42. The molecule has 6 heteroatoms. The molecule has 1 aliphatic carbocycles. The molecule has 1 saturated heterocycles. The first kappa shape index (κ1) is 22.5. The van der Waals surface area contributed by atoms with Gasteiger partial charge in [0, 0.05) is 41.8 Å². The van der Waals surface area contributed by atoms with Gasteiger partial charge in [0.05, 0.1) is 30.1 Å². The number of nitrogens with zero attached hydrogens (tertiary/aromatic N) is 4. The van der Waals surface area contributed by atoms with Crippen LogP contribution in [0.3, 0.4) is 0 Å². The second-order valence-corrected chi connectivity index (χ2v) is 9.69. The van der Waals surface area contributed by atoms with Gasteiger partial charge in [0.25, 0.3) is 0 Å². The van der Waals surface area contributed by atoms with E-state index < -0.39 is 11.6 Å². The second-order valence-electron chi connectivity index (χ2n) is 9.69. The molecule has 34 heavy (non-hydrogen) atoms. The highest BCUT2D eigenvalue weighted by Crippen LogP contribution is 2.46. The molecule has 0 saturated carbocycles. The van der Waals surface area contributed by atoms with E-state index in [1.807, 2.05) is 18.5 Å². The largest absolute Gasteiger partial charge is 0.333 e. The van der Waals surface area contributed by atoms with Gasteiger partial charge in [-0.25, -0.2) is 4.39 Å². The van der Waals surface area contributed by atoms with Crippen LogP contribution in [0.5, 0.6) is 0 Å². The Morgan fingerprint density at radius 3 is 2.68 bits per heavy atom. The number of hydrogen-bond acceptors (Lipinski definition) is 4. The van der Waals surface area contributed by atoms with Gasteiger partial charge in [-0.3, -0.25) is 9.88 Å². The van der Waals surface area contributed by atoms with Gasteiger partial charge >= 0.3 is 0 Å². The van der Waals surface area contributed by atoms with Crippen LogP contribution in [-0.2, 0) is 12.3 Å². The topological polar surface area (TPSA) is 70.9 Å². The summed E-state index contributed by atoms with van der Waals surface area (Å²) in [4.78, 5) is 7.13. The SMILES string of the molecule is Cc1cc(-c2ncc3c(ccn3CN3CCC(N)C3)c2C2(F)C=CC=CC2C#N)cc(C)c1C. The minimum absolute atomic E-state index is 0.194. The summed E-state index contributed by atoms with van der Waals surface area (Å²) >= 11 is 0. The zero-order valence-electron chi connectivity index (χ0n) is 19.9. The Hall–Kier alpha value is -3.27. The number of alkyl halides is 1. The van der Waals surface area contributed by atoms with Crippen molar-refractivity contribution in [2.24, 2.45) is 11.7 Å². The van der Waals surface area contributed by atoms with Crippen molar-refractivity contribution in [3.05, 3.63) is 77.2 Å². The number of fused-ring (bicyclic) bond motifs is 1. The van der Waals surface area contributed by atoms with E-state index in [9.17, 15) is 5.26 Å². The first-order valence-corrected chi connectivity index (χ1v) is 11.8. The molecule has 2 aromatic heterocycles. The molecule has 1 fully saturated rings. The lowest BCUT2D eigenvalue weighted by molar-refractivity contribution is 0.198. The summed E-state index contributed by atoms with van der Waals surface area (Å²) in [6, 6.07) is 8.45. The smallest absolute Gasteiger partial charge is 0.176 e. The third-order valence-corrected chi connectivity index (χ3v) is 7.42. The number of aryl methyl sites for hydroxylation is 2. The average molecular weight is 456 g/mol. The molecule has 3 unspecified atom stereocenters. The van der Waals surface area contributed by atoms with Gasteiger partial charge in [0.1, 0.15) is 5.92 Å². The summed E-state index contributed by atoms with van der Waals surface area (Å²) in [5, 5.41) is 10.6. The molecule has 3 heterocycles. The first-order chi connectivity index (χ1) is 16.3. The van der Waals surface area contributed by atoms with Gasteiger partial charge in [-0.1, -0.05) is 18.2 Å². The monoisotopic (exact) mass is 455 g/mol. The Bertz CT molecular complexity index is 1340. The van der Waals surface area contributed by atoms with Gasteiger partial charge < -0.3 is 10.3 Å². The predicted molar refractivity (Wildman–Crippen MR) is 134 cm³/mol. The van der Waals surface area contributed by atoms with Gasteiger partial charge in [-0.05, 0) is 68.2 Å². The van der Waals surface area contributed by atoms with E-state index in [2.05, 4.69) is 48.4 Å². The number of nitriles is 1. The van der Waals surface area contributed by atoms with Gasteiger partial charge in [-0.15, -0.1) is 0 Å². The van der Waals surface area contributed by atoms with Crippen LogP contribution in [0.15, 0.2) is 54.9 Å². The first-order valence-electron chi connectivity index (χ1n) is 11.8. The minimum atomic E-state index is -1.99. The molecular formula is C28H30FN5. The van der Waals surface area contributed by atoms with Crippen molar-refractivity contribution in [2.45, 2.75) is 45.6 Å². The number of benzene rings is 1. The highest BCUT2D eigenvalue weighted by Gasteiger charge is 2.43. The van der Waals surface area contributed by atoms with Crippen LogP contribution in [0.25, 0.3) is 22.2 Å². The summed E-state index contributed by atoms with van der Waals surface area (Å²) in [5.41, 5.74) is 10.4. The fourth-order valence-corrected chi connectivity index (χ4v) is 5.26. The summed E-state index contributed by atoms with van der Waals surface area (Å²) in [6.45, 7) is 8.68. The lowest BCUT2D eigenvalue weighted by atomic mass is 9.77. The van der Waals surface area contributed by atoms with E-state index in [1.54, 1.807) is 18.2 Å². The zero-order valence-corrected chi connectivity index (χ0v) is 19.9. The van der Waals surface area contributed by atoms with Crippen LogP contribution in [0.1, 0.15) is 28.7 Å². The van der Waals surface area contributed by atoms with Crippen molar-refractivity contribution in [3.63, 3.8) is 0 Å². The molecule has 5 nitrogen and oxygen atoms in total. The third kappa shape index (κ3) is 3.66. The van der Waals surface area contributed by atoms with Crippen molar-refractivity contribution in [3.8, 4) is 17.3 Å². The van der Waals surface area contributed by atoms with Crippen LogP contribution in [0.2, 0.25) is 0 Å². The van der Waals surface area contributed by atoms with Crippen molar-refractivity contribution < 1.29 is 4.39 Å². The standard InChI is InChI=1S/C28H30FN5/c1-18-12-21(13-19(2)20(18)3)27-26(28(29)9-5-4-6-22(28)14-30)24-8-11-34(25(24)15-32-27)17-33-10-7-23(31)16-33/h4-6,8-9,11-13,15,22-23H,7,10,16-17,31H2,1-3H3. The van der Waals surface area contributed by atoms with E-state index in [0.29, 0.717) is 17.9 Å². The Kier molecular flexibility index (Phi) is 5.63. The molecule has 174 valence electrons. The molecule has 0 spiro atoms. The summed E-state index contributed by atoms with van der Waals surface area (Å²) in [7, 11) is 0. The fourth-order valence-electron chi connectivity index (χ4n) is 5.26. The van der Waals surface area contributed by atoms with Gasteiger partial charge in [-0.2, -0.15) is 5.26 Å². The maximum Gasteiger partial charge on any atom is 0.176 e. The van der Waals surface area contributed by atoms with Gasteiger partial charge in [0.2, 0.25) is 0 Å². The van der Waals surface area contributed by atoms with Gasteiger partial charge in [0.15, 0.2) is 5.67 Å². The van der Waals surface area contributed by atoms with Crippen LogP contribution in [0, 0.1) is 38.0 Å². The zero-order chi connectivity index (χ0) is 24.0. The number of nitrogens with two attached hydrogens (primary N) is 1. The number of halogens is 1. The molecular weight excluding hydrogens is 425 g/mol. The Balaban J connectivity index is 1.73. The van der Waals surface area contributed by atoms with Crippen molar-refractivity contribution in [1.29, 1.82) is 5.26 Å². The summed E-state index contributed by atoms with van der Waals surface area (Å²) in [5.74, 6) is -0.934. The molecule has 2 N–H and O–H groups in total. The van der Waals surface area contributed by atoms with Crippen LogP contribution >= 0.6 is 0 Å². The summed E-state index contributed by atoms with van der Waals surface area (Å²) in [6.07, 6.45) is 11.4. The van der Waals surface area contributed by atoms with Crippen LogP contribution in [0.4, 0.5) is 4.39 Å². The Morgan fingerprint density at radius 1 is 1.24 bits per heavy atom. The Morgan fingerprint density at radius 2 is 2.00 bits per heavy atom. The number of pyridine rings is 1. The molecule has 3 atom stereocenters. The second kappa shape index (κ2) is 8.50. The molecule has 5 rings (SSSR count). The predicted octanol–water partition coefficient (Wildman–Crippen LogP) is 5.05. The highest BCUT2D eigenvalue weighted by molar-refractivity contribution is 5.90. The molecule has 0 amide bonds. The van der Waals surface area contributed by atoms with Crippen molar-refractivity contribution in [1.82, 2.24) is 14.5 Å². The molecule has 3 aromatic rings. The maximum absolute atomic E-state index is 17.0. The molecule has 1 aliphatic heterocycles. The lowest BCUT2D eigenvalue weighted by Crippen LogP contribution is -2.29. The van der Waals surface area contributed by atoms with E-state index in [0.717, 1.165) is 47.1 Å². The van der Waals surface area contributed by atoms with Crippen molar-refractivity contribution in [2.75, 3.05) is 13.1 Å². The number of allylic oxidation sites excluding steroid dienone is 4. The normalized spacial score (nSPS) is 24.7. The number of likely N-dealkylation sites (tertiary alicyclic amines) is 1. The molecule has 1 aromatic carbocycles. The van der Waals surface area contributed by atoms with Crippen LogP contribution in [-0.4, -0.2) is 33.6 Å². The number of aromatic nitrogens is 2. The highest BCUT2D eigenvalue weighted by atomic mass is 19.1. The molecule has 2 aliphatic rings. The van der Waals surface area contributed by atoms with Crippen LogP contribution < -0.4 is 5.73 Å². The van der Waals surface area contributed by atoms with E-state index in [4.69, 9.17) is 10.7 Å². The number of rotatable bonds is 4. The Labute approximate surface area is 200 Å². The third-order valence-electron chi connectivity index (χ3n) is 7.42. The fraction of sp³-hybridized carbons (Fsp3) is 0.357. The van der Waals surface area contributed by atoms with E-state index >= 15 is 4.39 Å². The van der Waals surface area contributed by atoms with E-state index in [-0.39, 0.29) is 6.04 Å². The molecule has 0 bridgehead atoms. The van der Waals surface area contributed by atoms with E-state index in [1.165, 1.54) is 11.6 Å². The maximum atomic E-state index is 17.0. The quantitative estimate of drug-likeness (QED) is 0.598. The lowest BCUT2D eigenvalue weighted by Gasteiger charge is -2.30. The number of hydrogen-bond donors (Lipinski definition) is 1. The minimum Gasteiger partial charge on any atom is -0.333 e. The molecule has 0 radical (unpaired) electrons.